The van der Waals surface area contributed by atoms with Crippen molar-refractivity contribution in [2.24, 2.45) is 5.16 Å². The monoisotopic (exact) mass is 720 g/mol. The molecule has 0 radical (unpaired) electrons. The highest BCUT2D eigenvalue weighted by Crippen LogP contribution is 2.40. The van der Waals surface area contributed by atoms with Crippen molar-refractivity contribution in [1.29, 1.82) is 5.41 Å². The van der Waals surface area contributed by atoms with Crippen LogP contribution >= 0.6 is 11.3 Å². The van der Waals surface area contributed by atoms with Gasteiger partial charge < -0.3 is 36.4 Å². The van der Waals surface area contributed by atoms with E-state index in [-0.39, 0.29) is 28.8 Å². The standard InChI is InChI=1S/C29H36N8O10S2/c1-27(2)21(24(39)37(27)47-49(42,43)44)35-23(38)20(17-13-48-26(31)34-17)36-46-28(3,25(40)41)19-7-5-14-10-15(4-6-18(14)45-19)22(30)33-16-11-29(12-16)8-9-32-29/h4,6,10,13,16,19,21,32H,5,7-9,11-12H2,1-3H3,(H2,30,33)(H2,31,34)(H,35,38)(H,40,41)(H,42,43,44)/b36-20-/t16?,19-,21-,28+,29?/m1/s1. The van der Waals surface area contributed by atoms with Crippen LogP contribution in [0.15, 0.2) is 28.7 Å². The topological polar surface area (TPSA) is 268 Å². The Morgan fingerprint density at radius 1 is 1.31 bits per heavy atom. The molecule has 2 aromatic rings. The van der Waals surface area contributed by atoms with Gasteiger partial charge in [-0.05, 0) is 83.2 Å². The first-order valence-electron chi connectivity index (χ1n) is 15.3. The lowest BCUT2D eigenvalue weighted by Gasteiger charge is -2.55. The average molecular weight is 721 g/mol. The molecule has 0 unspecified atom stereocenters. The van der Waals surface area contributed by atoms with Crippen molar-refractivity contribution in [3.8, 4) is 5.75 Å². The number of fused-ring (bicyclic) bond motifs is 1. The molecular formula is C29H36N8O10S2. The van der Waals surface area contributed by atoms with Crippen LogP contribution in [0.5, 0.6) is 5.75 Å². The van der Waals surface area contributed by atoms with Crippen molar-refractivity contribution >= 4 is 56.2 Å². The fraction of sp³-hybridized carbons (Fsp3) is 0.517. The van der Waals surface area contributed by atoms with Crippen LogP contribution in [0.3, 0.4) is 0 Å². The molecule has 4 heterocycles. The molecule has 3 fully saturated rings. The summed E-state index contributed by atoms with van der Waals surface area (Å²) in [7, 11) is -5.03. The molecule has 1 aromatic carbocycles. The molecule has 1 aromatic heterocycles. The first-order valence-corrected chi connectivity index (χ1v) is 17.6. The number of rotatable bonds is 11. The zero-order chi connectivity index (χ0) is 35.5. The molecule has 4 aliphatic rings. The minimum atomic E-state index is -5.03. The van der Waals surface area contributed by atoms with E-state index in [2.05, 4.69) is 30.4 Å². The lowest BCUT2D eigenvalue weighted by Crippen LogP contribution is -2.76. The number of nitrogens with one attached hydrogen (secondary N) is 4. The van der Waals surface area contributed by atoms with Gasteiger partial charge in [-0.1, -0.05) is 5.16 Å². The van der Waals surface area contributed by atoms with Crippen molar-refractivity contribution in [2.75, 3.05) is 12.3 Å². The number of anilines is 1. The van der Waals surface area contributed by atoms with Crippen molar-refractivity contribution < 1.29 is 46.3 Å². The number of carbonyl (C=O) groups excluding carboxylic acids is 2. The van der Waals surface area contributed by atoms with Crippen LogP contribution in [-0.2, 0) is 40.3 Å². The molecule has 2 saturated heterocycles. The van der Waals surface area contributed by atoms with Gasteiger partial charge in [0.25, 0.3) is 17.4 Å². The number of hydrogen-bond acceptors (Lipinski definition) is 14. The highest BCUT2D eigenvalue weighted by molar-refractivity contribution is 7.80. The zero-order valence-electron chi connectivity index (χ0n) is 26.7. The van der Waals surface area contributed by atoms with Crippen molar-refractivity contribution in [3.05, 3.63) is 40.4 Å². The minimum absolute atomic E-state index is 0.0612. The number of carboxylic acids is 1. The van der Waals surface area contributed by atoms with E-state index in [0.717, 1.165) is 42.7 Å². The van der Waals surface area contributed by atoms with Gasteiger partial charge in [-0.2, -0.15) is 13.5 Å². The summed E-state index contributed by atoms with van der Waals surface area (Å²) in [6.07, 6.45) is 2.65. The van der Waals surface area contributed by atoms with E-state index in [1.807, 2.05) is 6.07 Å². The smallest absolute Gasteiger partial charge is 0.418 e. The number of amides is 2. The largest absolute Gasteiger partial charge is 0.485 e. The molecule has 3 atom stereocenters. The number of benzene rings is 1. The number of aryl methyl sites for hydroxylation is 1. The maximum absolute atomic E-state index is 13.5. The van der Waals surface area contributed by atoms with Gasteiger partial charge in [0, 0.05) is 22.5 Å². The van der Waals surface area contributed by atoms with Crippen LogP contribution in [0.4, 0.5) is 5.13 Å². The summed E-state index contributed by atoms with van der Waals surface area (Å²) >= 11 is 0.967. The molecule has 20 heteroatoms. The number of ether oxygens (including phenoxy) is 1. The van der Waals surface area contributed by atoms with Crippen LogP contribution in [0.1, 0.15) is 63.3 Å². The molecule has 1 aliphatic carbocycles. The second-order valence-corrected chi connectivity index (χ2v) is 15.2. The molecular weight excluding hydrogens is 684 g/mol. The summed E-state index contributed by atoms with van der Waals surface area (Å²) in [6.45, 7) is 5.03. The van der Waals surface area contributed by atoms with Crippen LogP contribution in [0, 0.1) is 5.41 Å². The van der Waals surface area contributed by atoms with Crippen LogP contribution in [0.25, 0.3) is 0 Å². The molecule has 264 valence electrons. The zero-order valence-corrected chi connectivity index (χ0v) is 28.3. The normalized spacial score (nSPS) is 26.9. The number of thiazole rings is 1. The fourth-order valence-electron chi connectivity index (χ4n) is 6.43. The third kappa shape index (κ3) is 6.53. The maximum Gasteiger partial charge on any atom is 0.418 e. The molecule has 3 aliphatic heterocycles. The summed E-state index contributed by atoms with van der Waals surface area (Å²) in [5.41, 5.74) is 3.32. The molecule has 1 spiro atoms. The molecule has 49 heavy (non-hydrogen) atoms. The van der Waals surface area contributed by atoms with Gasteiger partial charge in [0.1, 0.15) is 23.3 Å². The lowest BCUT2D eigenvalue weighted by atomic mass is 9.66. The summed E-state index contributed by atoms with van der Waals surface area (Å²) in [5.74, 6) is -2.72. The number of nitrogen functional groups attached to an aromatic ring is 1. The number of nitrogens with zero attached hydrogens (tertiary/aromatic N) is 3. The predicted octanol–water partition coefficient (Wildman–Crippen LogP) is 0.333. The number of amidine groups is 1. The van der Waals surface area contributed by atoms with Gasteiger partial charge >= 0.3 is 16.4 Å². The lowest BCUT2D eigenvalue weighted by molar-refractivity contribution is -0.218. The number of oxime groups is 1. The fourth-order valence-corrected chi connectivity index (χ4v) is 7.43. The van der Waals surface area contributed by atoms with Gasteiger partial charge in [-0.15, -0.1) is 15.6 Å². The number of hydrogen-bond donors (Lipinski definition) is 7. The Labute approximate surface area is 284 Å². The number of aliphatic carboxylic acids is 1. The van der Waals surface area contributed by atoms with Crippen molar-refractivity contribution in [1.82, 2.24) is 26.0 Å². The molecule has 8 N–H and O–H groups in total. The quantitative estimate of drug-likeness (QED) is 0.0542. The van der Waals surface area contributed by atoms with Crippen LogP contribution < -0.4 is 26.4 Å². The van der Waals surface area contributed by atoms with Gasteiger partial charge in [-0.25, -0.2) is 9.78 Å². The summed E-state index contributed by atoms with van der Waals surface area (Å²) in [6, 6.07) is 4.14. The Morgan fingerprint density at radius 3 is 2.59 bits per heavy atom. The molecule has 0 bridgehead atoms. The van der Waals surface area contributed by atoms with E-state index < -0.39 is 57.2 Å². The number of hydroxylamine groups is 2. The molecule has 6 rings (SSSR count). The Kier molecular flexibility index (Phi) is 8.58. The van der Waals surface area contributed by atoms with E-state index in [0.29, 0.717) is 28.6 Å². The first-order chi connectivity index (χ1) is 22.9. The number of carbonyl (C=O) groups is 3. The molecule has 18 nitrogen and oxygen atoms in total. The highest BCUT2D eigenvalue weighted by atomic mass is 32.3. The first kappa shape index (κ1) is 34.5. The molecule has 1 saturated carbocycles. The Hall–Kier alpha value is -4.37. The highest BCUT2D eigenvalue weighted by Gasteiger charge is 2.58. The summed E-state index contributed by atoms with van der Waals surface area (Å²) in [4.78, 5) is 48.3. The Balaban J connectivity index is 1.16. The maximum atomic E-state index is 13.5. The van der Waals surface area contributed by atoms with E-state index in [4.69, 9.17) is 25.3 Å². The second-order valence-electron chi connectivity index (χ2n) is 13.3. The van der Waals surface area contributed by atoms with Gasteiger partial charge in [-0.3, -0.25) is 19.6 Å². The predicted molar refractivity (Wildman–Crippen MR) is 173 cm³/mol. The van der Waals surface area contributed by atoms with Gasteiger partial charge in [0.2, 0.25) is 0 Å². The van der Waals surface area contributed by atoms with E-state index in [1.54, 1.807) is 12.1 Å². The summed E-state index contributed by atoms with van der Waals surface area (Å²) in [5, 5.41) is 33.7. The van der Waals surface area contributed by atoms with E-state index in [1.165, 1.54) is 26.2 Å². The third-order valence-corrected chi connectivity index (χ3v) is 10.5. The van der Waals surface area contributed by atoms with Gasteiger partial charge in [0.05, 0.1) is 5.54 Å². The van der Waals surface area contributed by atoms with E-state index >= 15 is 0 Å². The van der Waals surface area contributed by atoms with Crippen molar-refractivity contribution in [3.63, 3.8) is 0 Å². The number of β-lactam (4-membered cyclic amide) rings is 1. The minimum Gasteiger partial charge on any atom is -0.485 e. The number of aromatic nitrogens is 1. The third-order valence-electron chi connectivity index (χ3n) is 9.49. The van der Waals surface area contributed by atoms with E-state index in [9.17, 15) is 27.9 Å². The van der Waals surface area contributed by atoms with Crippen molar-refractivity contribution in [2.45, 2.75) is 87.7 Å². The van der Waals surface area contributed by atoms with Crippen LogP contribution in [0.2, 0.25) is 0 Å². The average Bonchev–Trinajstić information content (AvgIpc) is 3.43. The number of carboxylic acid groups (broad SMARTS) is 1. The SMILES string of the molecule is CC1(C)[C@H](NC(=O)/C(=N\O[C@](C)(C(=O)O)[C@H]2CCc3cc(C(=N)NC4CC5(CCN5)C4)ccc3O2)c2csc(N)n2)C(=O)N1OS(=O)(=O)O. The van der Waals surface area contributed by atoms with Gasteiger partial charge in [0.15, 0.2) is 16.9 Å². The Bertz CT molecular complexity index is 1850. The van der Waals surface area contributed by atoms with Crippen LogP contribution in [-0.4, -0.2) is 98.9 Å². The number of nitrogens with two attached hydrogens (primary N) is 1. The molecule has 2 amide bonds. The second kappa shape index (κ2) is 12.2. The summed E-state index contributed by atoms with van der Waals surface area (Å²) < 4.78 is 41.7. The Morgan fingerprint density at radius 2 is 2.02 bits per heavy atom.